The molecule has 0 aromatic heterocycles. The molecule has 2 heteroatoms. The Morgan fingerprint density at radius 1 is 1.00 bits per heavy atom. The second kappa shape index (κ2) is 7.63. The molecule has 2 aromatic rings. The molecular formula is C19H24ClN. The maximum atomic E-state index is 6.38. The van der Waals surface area contributed by atoms with Crippen molar-refractivity contribution in [1.82, 2.24) is 5.32 Å². The molecule has 0 fully saturated rings. The number of benzene rings is 2. The van der Waals surface area contributed by atoms with E-state index in [1.165, 1.54) is 22.3 Å². The van der Waals surface area contributed by atoms with Crippen LogP contribution in [-0.4, -0.2) is 12.6 Å². The van der Waals surface area contributed by atoms with E-state index in [2.05, 4.69) is 62.5 Å². The van der Waals surface area contributed by atoms with Gasteiger partial charge in [-0.3, -0.25) is 0 Å². The summed E-state index contributed by atoms with van der Waals surface area (Å²) in [5, 5.41) is 4.47. The molecule has 1 nitrogen and oxygen atoms in total. The topological polar surface area (TPSA) is 12.0 Å². The molecule has 2 rings (SSSR count). The molecule has 0 amide bonds. The average Bonchev–Trinajstić information content (AvgIpc) is 2.44. The number of likely N-dealkylation sites (N-methyl/N-ethyl adjacent to an activating group) is 1. The molecule has 0 aliphatic carbocycles. The third-order valence-electron chi connectivity index (χ3n) is 3.90. The van der Waals surface area contributed by atoms with Crippen LogP contribution in [0.4, 0.5) is 0 Å². The van der Waals surface area contributed by atoms with Crippen molar-refractivity contribution in [2.75, 3.05) is 6.54 Å². The zero-order valence-corrected chi connectivity index (χ0v) is 13.9. The van der Waals surface area contributed by atoms with Crippen molar-refractivity contribution in [1.29, 1.82) is 0 Å². The van der Waals surface area contributed by atoms with Crippen LogP contribution in [0.2, 0.25) is 5.02 Å². The summed E-state index contributed by atoms with van der Waals surface area (Å²) in [6, 6.07) is 15.4. The minimum absolute atomic E-state index is 0.413. The van der Waals surface area contributed by atoms with Crippen molar-refractivity contribution < 1.29 is 0 Å². The molecule has 112 valence electrons. The average molecular weight is 302 g/mol. The van der Waals surface area contributed by atoms with Gasteiger partial charge in [-0.05, 0) is 61.6 Å². The first kappa shape index (κ1) is 16.1. The third kappa shape index (κ3) is 4.59. The lowest BCUT2D eigenvalue weighted by atomic mass is 9.96. The summed E-state index contributed by atoms with van der Waals surface area (Å²) in [7, 11) is 0. The van der Waals surface area contributed by atoms with Crippen LogP contribution < -0.4 is 5.32 Å². The van der Waals surface area contributed by atoms with E-state index in [-0.39, 0.29) is 0 Å². The fourth-order valence-corrected chi connectivity index (χ4v) is 3.01. The van der Waals surface area contributed by atoms with E-state index in [4.69, 9.17) is 11.6 Å². The molecule has 0 bridgehead atoms. The summed E-state index contributed by atoms with van der Waals surface area (Å²) in [5.74, 6) is 0. The molecule has 0 spiro atoms. The summed E-state index contributed by atoms with van der Waals surface area (Å²) < 4.78 is 0. The van der Waals surface area contributed by atoms with Gasteiger partial charge < -0.3 is 5.32 Å². The first-order valence-electron chi connectivity index (χ1n) is 7.63. The lowest BCUT2D eigenvalue weighted by Crippen LogP contribution is -2.33. The number of hydrogen-bond acceptors (Lipinski definition) is 1. The second-order valence-corrected chi connectivity index (χ2v) is 6.09. The molecule has 0 heterocycles. The number of nitrogens with one attached hydrogen (secondary N) is 1. The Kier molecular flexibility index (Phi) is 5.84. The van der Waals surface area contributed by atoms with Crippen LogP contribution in [0.25, 0.3) is 0 Å². The predicted octanol–water partition coefficient (Wildman–Crippen LogP) is 4.72. The Morgan fingerprint density at radius 2 is 1.71 bits per heavy atom. The van der Waals surface area contributed by atoms with E-state index in [9.17, 15) is 0 Å². The zero-order valence-electron chi connectivity index (χ0n) is 13.1. The van der Waals surface area contributed by atoms with Gasteiger partial charge in [-0.1, -0.05) is 54.9 Å². The second-order valence-electron chi connectivity index (χ2n) is 5.68. The highest BCUT2D eigenvalue weighted by molar-refractivity contribution is 6.31. The Bertz CT molecular complexity index is 592. The Morgan fingerprint density at radius 3 is 2.38 bits per heavy atom. The van der Waals surface area contributed by atoms with E-state index in [1.807, 2.05) is 6.07 Å². The summed E-state index contributed by atoms with van der Waals surface area (Å²) in [6.45, 7) is 7.38. The van der Waals surface area contributed by atoms with Crippen molar-refractivity contribution >= 4 is 11.6 Å². The summed E-state index contributed by atoms with van der Waals surface area (Å²) in [4.78, 5) is 0. The van der Waals surface area contributed by atoms with Crippen LogP contribution in [-0.2, 0) is 12.8 Å². The predicted molar refractivity (Wildman–Crippen MR) is 92.2 cm³/mol. The highest BCUT2D eigenvalue weighted by Gasteiger charge is 2.12. The summed E-state index contributed by atoms with van der Waals surface area (Å²) in [5.41, 5.74) is 5.20. The highest BCUT2D eigenvalue weighted by atomic mass is 35.5. The van der Waals surface area contributed by atoms with Crippen LogP contribution in [0.15, 0.2) is 42.5 Å². The Labute approximate surface area is 133 Å². The van der Waals surface area contributed by atoms with E-state index >= 15 is 0 Å². The molecule has 1 atom stereocenters. The van der Waals surface area contributed by atoms with E-state index < -0.39 is 0 Å². The molecule has 0 aliphatic heterocycles. The lowest BCUT2D eigenvalue weighted by Gasteiger charge is -2.20. The van der Waals surface area contributed by atoms with Crippen molar-refractivity contribution in [2.24, 2.45) is 0 Å². The van der Waals surface area contributed by atoms with E-state index in [0.29, 0.717) is 6.04 Å². The van der Waals surface area contributed by atoms with Gasteiger partial charge in [0.15, 0.2) is 0 Å². The zero-order chi connectivity index (χ0) is 15.2. The molecule has 0 saturated carbocycles. The maximum absolute atomic E-state index is 6.38. The van der Waals surface area contributed by atoms with Crippen LogP contribution in [0.5, 0.6) is 0 Å². The van der Waals surface area contributed by atoms with E-state index in [1.54, 1.807) is 0 Å². The SMILES string of the molecule is CCNC(Cc1ccccc1C)Cc1ccc(C)cc1Cl. The summed E-state index contributed by atoms with van der Waals surface area (Å²) in [6.07, 6.45) is 1.99. The lowest BCUT2D eigenvalue weighted by molar-refractivity contribution is 0.520. The minimum atomic E-state index is 0.413. The van der Waals surface area contributed by atoms with E-state index in [0.717, 1.165) is 24.4 Å². The van der Waals surface area contributed by atoms with Gasteiger partial charge in [-0.15, -0.1) is 0 Å². The number of hydrogen-bond donors (Lipinski definition) is 1. The van der Waals surface area contributed by atoms with Crippen molar-refractivity contribution in [2.45, 2.75) is 39.7 Å². The normalized spacial score (nSPS) is 12.4. The van der Waals surface area contributed by atoms with Crippen LogP contribution >= 0.6 is 11.6 Å². The number of rotatable bonds is 6. The van der Waals surface area contributed by atoms with Crippen molar-refractivity contribution in [3.63, 3.8) is 0 Å². The standard InChI is InChI=1S/C19H24ClN/c1-4-21-18(12-16-8-6-5-7-15(16)3)13-17-10-9-14(2)11-19(17)20/h5-11,18,21H,4,12-13H2,1-3H3. The van der Waals surface area contributed by atoms with Gasteiger partial charge in [-0.25, -0.2) is 0 Å². The van der Waals surface area contributed by atoms with Crippen molar-refractivity contribution in [3.05, 3.63) is 69.7 Å². The third-order valence-corrected chi connectivity index (χ3v) is 4.25. The molecular weight excluding hydrogens is 278 g/mol. The largest absolute Gasteiger partial charge is 0.314 e. The quantitative estimate of drug-likeness (QED) is 0.814. The van der Waals surface area contributed by atoms with Gasteiger partial charge in [0.1, 0.15) is 0 Å². The number of aryl methyl sites for hydroxylation is 2. The van der Waals surface area contributed by atoms with Gasteiger partial charge in [0.25, 0.3) is 0 Å². The van der Waals surface area contributed by atoms with Gasteiger partial charge in [0.2, 0.25) is 0 Å². The Balaban J connectivity index is 2.14. The minimum Gasteiger partial charge on any atom is -0.314 e. The maximum Gasteiger partial charge on any atom is 0.0441 e. The first-order valence-corrected chi connectivity index (χ1v) is 8.01. The molecule has 0 radical (unpaired) electrons. The van der Waals surface area contributed by atoms with Crippen LogP contribution in [0, 0.1) is 13.8 Å². The molecule has 0 aliphatic rings. The molecule has 2 aromatic carbocycles. The smallest absolute Gasteiger partial charge is 0.0441 e. The first-order chi connectivity index (χ1) is 10.1. The summed E-state index contributed by atoms with van der Waals surface area (Å²) >= 11 is 6.38. The molecule has 21 heavy (non-hydrogen) atoms. The van der Waals surface area contributed by atoms with Gasteiger partial charge in [-0.2, -0.15) is 0 Å². The van der Waals surface area contributed by atoms with Gasteiger partial charge in [0.05, 0.1) is 0 Å². The van der Waals surface area contributed by atoms with Crippen LogP contribution in [0.3, 0.4) is 0 Å². The molecule has 0 saturated heterocycles. The monoisotopic (exact) mass is 301 g/mol. The molecule has 1 N–H and O–H groups in total. The Hall–Kier alpha value is -1.31. The van der Waals surface area contributed by atoms with Crippen molar-refractivity contribution in [3.8, 4) is 0 Å². The molecule has 1 unspecified atom stereocenters. The van der Waals surface area contributed by atoms with Crippen LogP contribution in [0.1, 0.15) is 29.2 Å². The van der Waals surface area contributed by atoms with Gasteiger partial charge in [0, 0.05) is 11.1 Å². The number of halogens is 1. The fourth-order valence-electron chi connectivity index (χ4n) is 2.69. The fraction of sp³-hybridized carbons (Fsp3) is 0.368. The van der Waals surface area contributed by atoms with Gasteiger partial charge >= 0.3 is 0 Å². The highest BCUT2D eigenvalue weighted by Crippen LogP contribution is 2.20.